The molecule has 4 heteroatoms. The summed E-state index contributed by atoms with van der Waals surface area (Å²) in [5.74, 6) is 0.0757. The summed E-state index contributed by atoms with van der Waals surface area (Å²) in [5.41, 5.74) is 2.04. The first-order chi connectivity index (χ1) is 9.44. The molecule has 0 bridgehead atoms. The van der Waals surface area contributed by atoms with Crippen LogP contribution in [0.3, 0.4) is 0 Å². The maximum absolute atomic E-state index is 11.8. The Hall–Kier alpha value is -1.68. The number of rotatable bonds is 4. The van der Waals surface area contributed by atoms with E-state index in [-0.39, 0.29) is 11.3 Å². The molecule has 0 fully saturated rings. The lowest BCUT2D eigenvalue weighted by atomic mass is 9.92. The van der Waals surface area contributed by atoms with E-state index in [2.05, 4.69) is 31.1 Å². The molecule has 1 aromatic heterocycles. The molecule has 0 aliphatic rings. The van der Waals surface area contributed by atoms with E-state index in [1.54, 1.807) is 11.3 Å². The quantitative estimate of drug-likeness (QED) is 0.928. The van der Waals surface area contributed by atoms with Gasteiger partial charge in [-0.05, 0) is 5.41 Å². The molecule has 0 saturated carbocycles. The lowest BCUT2D eigenvalue weighted by molar-refractivity contribution is -0.122. The molecule has 1 amide bonds. The van der Waals surface area contributed by atoms with Gasteiger partial charge in [0, 0.05) is 17.4 Å². The molecule has 1 N–H and O–H groups in total. The number of carbonyl (C=O) groups excluding carboxylic acids is 1. The normalized spacial score (nSPS) is 11.3. The molecule has 106 valence electrons. The average molecular weight is 288 g/mol. The van der Waals surface area contributed by atoms with Crippen molar-refractivity contribution in [2.45, 2.75) is 33.7 Å². The van der Waals surface area contributed by atoms with E-state index in [9.17, 15) is 4.79 Å². The van der Waals surface area contributed by atoms with Crippen LogP contribution in [0.5, 0.6) is 0 Å². The van der Waals surface area contributed by atoms with Gasteiger partial charge >= 0.3 is 0 Å². The fourth-order valence-corrected chi connectivity index (χ4v) is 2.66. The van der Waals surface area contributed by atoms with Gasteiger partial charge in [-0.25, -0.2) is 4.98 Å². The van der Waals surface area contributed by atoms with Crippen molar-refractivity contribution in [1.82, 2.24) is 10.3 Å². The second-order valence-electron chi connectivity index (χ2n) is 6.02. The zero-order chi connectivity index (χ0) is 14.6. The first-order valence-electron chi connectivity index (χ1n) is 6.70. The van der Waals surface area contributed by atoms with Crippen molar-refractivity contribution in [3.05, 3.63) is 41.4 Å². The highest BCUT2D eigenvalue weighted by atomic mass is 32.1. The number of aromatic nitrogens is 1. The van der Waals surface area contributed by atoms with Crippen molar-refractivity contribution in [2.75, 3.05) is 0 Å². The van der Waals surface area contributed by atoms with Crippen molar-refractivity contribution in [3.8, 4) is 10.6 Å². The third-order valence-electron chi connectivity index (χ3n) is 2.73. The molecule has 20 heavy (non-hydrogen) atoms. The van der Waals surface area contributed by atoms with Crippen molar-refractivity contribution < 1.29 is 4.79 Å². The van der Waals surface area contributed by atoms with Crippen LogP contribution in [0.15, 0.2) is 35.7 Å². The minimum atomic E-state index is 0.0152. The second kappa shape index (κ2) is 6.18. The number of hydrogen-bond acceptors (Lipinski definition) is 3. The standard InChI is InChI=1S/C16H20N2OS/c1-16(2,3)9-14(19)17-10-13-11-20-15(18-13)12-7-5-4-6-8-12/h4-8,11H,9-10H2,1-3H3,(H,17,19). The van der Waals surface area contributed by atoms with E-state index in [4.69, 9.17) is 0 Å². The van der Waals surface area contributed by atoms with Crippen molar-refractivity contribution in [2.24, 2.45) is 5.41 Å². The maximum atomic E-state index is 11.8. The van der Waals surface area contributed by atoms with Gasteiger partial charge in [-0.15, -0.1) is 11.3 Å². The van der Waals surface area contributed by atoms with Gasteiger partial charge in [0.25, 0.3) is 0 Å². The fourth-order valence-electron chi connectivity index (χ4n) is 1.83. The third kappa shape index (κ3) is 4.46. The van der Waals surface area contributed by atoms with Gasteiger partial charge in [0.2, 0.25) is 5.91 Å². The number of nitrogens with one attached hydrogen (secondary N) is 1. The zero-order valence-electron chi connectivity index (χ0n) is 12.1. The number of nitrogens with zero attached hydrogens (tertiary/aromatic N) is 1. The van der Waals surface area contributed by atoms with Gasteiger partial charge in [-0.1, -0.05) is 51.1 Å². The number of benzene rings is 1. The molecular formula is C16H20N2OS. The predicted octanol–water partition coefficient (Wildman–Crippen LogP) is 3.86. The van der Waals surface area contributed by atoms with Crippen molar-refractivity contribution in [1.29, 1.82) is 0 Å². The van der Waals surface area contributed by atoms with E-state index >= 15 is 0 Å². The molecular weight excluding hydrogens is 268 g/mol. The Morgan fingerprint density at radius 3 is 2.60 bits per heavy atom. The summed E-state index contributed by atoms with van der Waals surface area (Å²) < 4.78 is 0. The first-order valence-corrected chi connectivity index (χ1v) is 7.58. The first kappa shape index (κ1) is 14.7. The topological polar surface area (TPSA) is 42.0 Å². The van der Waals surface area contributed by atoms with Crippen LogP contribution in [-0.4, -0.2) is 10.9 Å². The number of amides is 1. The molecule has 1 aromatic carbocycles. The van der Waals surface area contributed by atoms with Crippen LogP contribution in [0.1, 0.15) is 32.9 Å². The van der Waals surface area contributed by atoms with Crippen LogP contribution < -0.4 is 5.32 Å². The summed E-state index contributed by atoms with van der Waals surface area (Å²) in [6.45, 7) is 6.67. The van der Waals surface area contributed by atoms with Crippen LogP contribution in [0.25, 0.3) is 10.6 Å². The highest BCUT2D eigenvalue weighted by Crippen LogP contribution is 2.23. The summed E-state index contributed by atoms with van der Waals surface area (Å²) in [6.07, 6.45) is 0.530. The van der Waals surface area contributed by atoms with Crippen LogP contribution >= 0.6 is 11.3 Å². The second-order valence-corrected chi connectivity index (χ2v) is 6.88. The Labute approximate surface area is 124 Å². The van der Waals surface area contributed by atoms with Gasteiger partial charge in [0.1, 0.15) is 5.01 Å². The number of thiazole rings is 1. The van der Waals surface area contributed by atoms with Crippen LogP contribution in [0.4, 0.5) is 0 Å². The molecule has 0 saturated heterocycles. The predicted molar refractivity (Wildman–Crippen MR) is 83.5 cm³/mol. The monoisotopic (exact) mass is 288 g/mol. The summed E-state index contributed by atoms with van der Waals surface area (Å²) in [5, 5.41) is 5.92. The molecule has 1 heterocycles. The van der Waals surface area contributed by atoms with E-state index < -0.39 is 0 Å². The Morgan fingerprint density at radius 2 is 1.95 bits per heavy atom. The van der Waals surface area contributed by atoms with Crippen molar-refractivity contribution in [3.63, 3.8) is 0 Å². The van der Waals surface area contributed by atoms with Crippen LogP contribution in [-0.2, 0) is 11.3 Å². The number of hydrogen-bond donors (Lipinski definition) is 1. The molecule has 2 aromatic rings. The molecule has 0 atom stereocenters. The van der Waals surface area contributed by atoms with E-state index in [0.29, 0.717) is 13.0 Å². The van der Waals surface area contributed by atoms with E-state index in [0.717, 1.165) is 16.3 Å². The van der Waals surface area contributed by atoms with Crippen LogP contribution in [0, 0.1) is 5.41 Å². The molecule has 3 nitrogen and oxygen atoms in total. The molecule has 0 aliphatic carbocycles. The molecule has 0 radical (unpaired) electrons. The summed E-state index contributed by atoms with van der Waals surface area (Å²) in [6, 6.07) is 10.1. The Kier molecular flexibility index (Phi) is 4.55. The highest BCUT2D eigenvalue weighted by molar-refractivity contribution is 7.13. The smallest absolute Gasteiger partial charge is 0.220 e. The lowest BCUT2D eigenvalue weighted by Crippen LogP contribution is -2.27. The van der Waals surface area contributed by atoms with Crippen molar-refractivity contribution >= 4 is 17.2 Å². The van der Waals surface area contributed by atoms with Gasteiger partial charge in [-0.2, -0.15) is 0 Å². The van der Waals surface area contributed by atoms with Gasteiger partial charge in [0.15, 0.2) is 0 Å². The minimum absolute atomic E-state index is 0.0152. The van der Waals surface area contributed by atoms with Gasteiger partial charge in [0.05, 0.1) is 12.2 Å². The average Bonchev–Trinajstić information content (AvgIpc) is 2.84. The summed E-state index contributed by atoms with van der Waals surface area (Å²) in [7, 11) is 0. The SMILES string of the molecule is CC(C)(C)CC(=O)NCc1csc(-c2ccccc2)n1. The highest BCUT2D eigenvalue weighted by Gasteiger charge is 2.15. The summed E-state index contributed by atoms with van der Waals surface area (Å²) >= 11 is 1.61. The van der Waals surface area contributed by atoms with E-state index in [1.165, 1.54) is 0 Å². The largest absolute Gasteiger partial charge is 0.350 e. The number of carbonyl (C=O) groups is 1. The van der Waals surface area contributed by atoms with E-state index in [1.807, 2.05) is 35.7 Å². The molecule has 2 rings (SSSR count). The van der Waals surface area contributed by atoms with Gasteiger partial charge in [-0.3, -0.25) is 4.79 Å². The molecule has 0 aliphatic heterocycles. The minimum Gasteiger partial charge on any atom is -0.350 e. The lowest BCUT2D eigenvalue weighted by Gasteiger charge is -2.16. The van der Waals surface area contributed by atoms with Crippen LogP contribution in [0.2, 0.25) is 0 Å². The Morgan fingerprint density at radius 1 is 1.25 bits per heavy atom. The Bertz CT molecular complexity index is 570. The third-order valence-corrected chi connectivity index (χ3v) is 3.67. The summed E-state index contributed by atoms with van der Waals surface area (Å²) in [4.78, 5) is 16.3. The maximum Gasteiger partial charge on any atom is 0.220 e. The zero-order valence-corrected chi connectivity index (χ0v) is 13.0. The molecule has 0 spiro atoms. The fraction of sp³-hybridized carbons (Fsp3) is 0.375. The molecule has 0 unspecified atom stereocenters. The Balaban J connectivity index is 1.92. The van der Waals surface area contributed by atoms with Gasteiger partial charge < -0.3 is 5.32 Å².